The molecule has 0 aliphatic carbocycles. The number of ether oxygens (including phenoxy) is 1. The third kappa shape index (κ3) is 4.32. The highest BCUT2D eigenvalue weighted by Crippen LogP contribution is 2.24. The molecule has 0 radical (unpaired) electrons. The van der Waals surface area contributed by atoms with Crippen molar-refractivity contribution < 1.29 is 9.53 Å². The fourth-order valence-electron chi connectivity index (χ4n) is 3.61. The zero-order valence-corrected chi connectivity index (χ0v) is 16.8. The monoisotopic (exact) mass is 394 g/mol. The Labute approximate surface area is 170 Å². The number of methoxy groups -OCH3 is 1. The van der Waals surface area contributed by atoms with Crippen LogP contribution in [0.4, 0.5) is 0 Å². The first-order valence-electron chi connectivity index (χ1n) is 9.88. The second-order valence-electron chi connectivity index (χ2n) is 7.14. The molecule has 0 atom stereocenters. The fourth-order valence-corrected chi connectivity index (χ4v) is 3.61. The average molecular weight is 394 g/mol. The van der Waals surface area contributed by atoms with Crippen LogP contribution >= 0.6 is 0 Å². The third-order valence-electron chi connectivity index (χ3n) is 5.15. The highest BCUT2D eigenvalue weighted by atomic mass is 16.5. The van der Waals surface area contributed by atoms with Crippen molar-refractivity contribution in [1.29, 1.82) is 0 Å². The molecule has 29 heavy (non-hydrogen) atoms. The molecule has 0 spiro atoms. The van der Waals surface area contributed by atoms with E-state index in [1.165, 1.54) is 5.69 Å². The van der Waals surface area contributed by atoms with Crippen molar-refractivity contribution in [3.05, 3.63) is 59.7 Å². The van der Waals surface area contributed by atoms with Gasteiger partial charge in [0.05, 0.1) is 37.3 Å². The lowest BCUT2D eigenvalue weighted by atomic mass is 10.1. The van der Waals surface area contributed by atoms with E-state index in [2.05, 4.69) is 32.5 Å². The van der Waals surface area contributed by atoms with Gasteiger partial charge in [0.1, 0.15) is 5.75 Å². The minimum Gasteiger partial charge on any atom is -0.497 e. The maximum Gasteiger partial charge on any atom is 0.220 e. The number of aromatic nitrogens is 4. The molecule has 0 saturated carbocycles. The summed E-state index contributed by atoms with van der Waals surface area (Å²) in [5.74, 6) is 0.883. The third-order valence-corrected chi connectivity index (χ3v) is 5.15. The topological polar surface area (TPSA) is 77.2 Å². The summed E-state index contributed by atoms with van der Waals surface area (Å²) in [6, 6.07) is 10.1. The van der Waals surface area contributed by atoms with Gasteiger partial charge in [-0.1, -0.05) is 6.92 Å². The lowest BCUT2D eigenvalue weighted by Gasteiger charge is -2.28. The highest BCUT2D eigenvalue weighted by molar-refractivity contribution is 5.75. The average Bonchev–Trinajstić information content (AvgIpc) is 3.41. The Bertz CT molecular complexity index is 979. The smallest absolute Gasteiger partial charge is 0.220 e. The number of rotatable bonds is 7. The molecule has 1 aliphatic rings. The normalized spacial score (nSPS) is 13.9. The molecule has 0 bridgehead atoms. The molecule has 1 N–H and O–H groups in total. The zero-order valence-electron chi connectivity index (χ0n) is 16.8. The Balaban J connectivity index is 1.49. The SMILES string of the molecule is CCC(=O)NCc1cc2n(n1)CCN(Cc1cc(OC)ccc1-n1cccn1)C2. The van der Waals surface area contributed by atoms with Gasteiger partial charge in [-0.15, -0.1) is 0 Å². The van der Waals surface area contributed by atoms with E-state index in [0.29, 0.717) is 13.0 Å². The van der Waals surface area contributed by atoms with Gasteiger partial charge in [-0.25, -0.2) is 4.68 Å². The minimum atomic E-state index is 0.0433. The van der Waals surface area contributed by atoms with E-state index < -0.39 is 0 Å². The Kier molecular flexibility index (Phi) is 5.62. The standard InChI is InChI=1S/C21H26N6O2/c1-3-21(28)22-13-17-12-18-15-25(9-10-26(18)24-17)14-16-11-19(29-2)5-6-20(16)27-8-4-7-23-27/h4-8,11-12H,3,9-10,13-15H2,1-2H3,(H,22,28). The van der Waals surface area contributed by atoms with Crippen LogP contribution in [0.2, 0.25) is 0 Å². The summed E-state index contributed by atoms with van der Waals surface area (Å²) in [5, 5.41) is 11.9. The number of hydrogen-bond acceptors (Lipinski definition) is 5. The second-order valence-corrected chi connectivity index (χ2v) is 7.14. The molecule has 2 aromatic heterocycles. The van der Waals surface area contributed by atoms with Gasteiger partial charge in [0, 0.05) is 38.4 Å². The molecule has 0 unspecified atom stereocenters. The molecule has 3 heterocycles. The number of nitrogens with zero attached hydrogens (tertiary/aromatic N) is 5. The molecule has 8 heteroatoms. The summed E-state index contributed by atoms with van der Waals surface area (Å²) in [6.07, 6.45) is 4.22. The summed E-state index contributed by atoms with van der Waals surface area (Å²) >= 11 is 0. The molecule has 1 aliphatic heterocycles. The first-order chi connectivity index (χ1) is 14.2. The molecule has 1 amide bonds. The van der Waals surface area contributed by atoms with E-state index in [-0.39, 0.29) is 5.91 Å². The largest absolute Gasteiger partial charge is 0.497 e. The van der Waals surface area contributed by atoms with Crippen LogP contribution in [0.5, 0.6) is 5.75 Å². The minimum absolute atomic E-state index is 0.0433. The number of carbonyl (C=O) groups is 1. The summed E-state index contributed by atoms with van der Waals surface area (Å²) in [6.45, 7) is 5.67. The van der Waals surface area contributed by atoms with Crippen LogP contribution in [0.3, 0.4) is 0 Å². The second kappa shape index (κ2) is 8.48. The first kappa shape index (κ1) is 19.2. The number of benzene rings is 1. The Morgan fingerprint density at radius 1 is 1.28 bits per heavy atom. The fraction of sp³-hybridized carbons (Fsp3) is 0.381. The predicted molar refractivity (Wildman–Crippen MR) is 109 cm³/mol. The van der Waals surface area contributed by atoms with E-state index in [9.17, 15) is 4.79 Å². The van der Waals surface area contributed by atoms with Crippen LogP contribution in [-0.4, -0.2) is 44.0 Å². The summed E-state index contributed by atoms with van der Waals surface area (Å²) < 4.78 is 9.37. The molecule has 3 aromatic rings. The zero-order chi connectivity index (χ0) is 20.2. The lowest BCUT2D eigenvalue weighted by Crippen LogP contribution is -2.33. The maximum atomic E-state index is 11.5. The summed E-state index contributed by atoms with van der Waals surface area (Å²) in [7, 11) is 1.69. The van der Waals surface area contributed by atoms with Crippen LogP contribution in [0, 0.1) is 0 Å². The molecule has 4 rings (SSSR count). The molecular weight excluding hydrogens is 368 g/mol. The van der Waals surface area contributed by atoms with E-state index in [0.717, 1.165) is 48.9 Å². The van der Waals surface area contributed by atoms with Crippen molar-refractivity contribution in [2.24, 2.45) is 0 Å². The van der Waals surface area contributed by atoms with Gasteiger partial charge in [-0.3, -0.25) is 14.4 Å². The quantitative estimate of drug-likeness (QED) is 0.664. The number of fused-ring (bicyclic) bond motifs is 1. The highest BCUT2D eigenvalue weighted by Gasteiger charge is 2.20. The lowest BCUT2D eigenvalue weighted by molar-refractivity contribution is -0.120. The van der Waals surface area contributed by atoms with Crippen molar-refractivity contribution in [2.75, 3.05) is 13.7 Å². The Morgan fingerprint density at radius 3 is 2.93 bits per heavy atom. The van der Waals surface area contributed by atoms with Crippen LogP contribution in [0.1, 0.15) is 30.3 Å². The van der Waals surface area contributed by atoms with E-state index in [1.54, 1.807) is 13.3 Å². The van der Waals surface area contributed by atoms with Crippen molar-refractivity contribution in [3.8, 4) is 11.4 Å². The first-order valence-corrected chi connectivity index (χ1v) is 9.88. The Morgan fingerprint density at radius 2 is 2.17 bits per heavy atom. The molecular formula is C21H26N6O2. The van der Waals surface area contributed by atoms with Gasteiger partial charge >= 0.3 is 0 Å². The Hall–Kier alpha value is -3.13. The van der Waals surface area contributed by atoms with E-state index in [4.69, 9.17) is 4.74 Å². The van der Waals surface area contributed by atoms with E-state index >= 15 is 0 Å². The molecule has 8 nitrogen and oxygen atoms in total. The number of carbonyl (C=O) groups excluding carboxylic acids is 1. The van der Waals surface area contributed by atoms with Crippen LogP contribution in [0.15, 0.2) is 42.7 Å². The molecule has 0 fully saturated rings. The van der Waals surface area contributed by atoms with Gasteiger partial charge in [-0.05, 0) is 35.9 Å². The summed E-state index contributed by atoms with van der Waals surface area (Å²) in [5.41, 5.74) is 4.29. The molecule has 152 valence electrons. The van der Waals surface area contributed by atoms with Crippen LogP contribution in [0.25, 0.3) is 5.69 Å². The predicted octanol–water partition coefficient (Wildman–Crippen LogP) is 2.12. The molecule has 1 aromatic carbocycles. The number of nitrogens with one attached hydrogen (secondary N) is 1. The van der Waals surface area contributed by atoms with Crippen molar-refractivity contribution in [3.63, 3.8) is 0 Å². The van der Waals surface area contributed by atoms with E-state index in [1.807, 2.05) is 40.7 Å². The summed E-state index contributed by atoms with van der Waals surface area (Å²) in [4.78, 5) is 13.9. The van der Waals surface area contributed by atoms with Crippen molar-refractivity contribution in [1.82, 2.24) is 29.8 Å². The van der Waals surface area contributed by atoms with Crippen molar-refractivity contribution in [2.45, 2.75) is 39.5 Å². The van der Waals surface area contributed by atoms with Crippen molar-refractivity contribution >= 4 is 5.91 Å². The van der Waals surface area contributed by atoms with Gasteiger partial charge in [0.15, 0.2) is 0 Å². The van der Waals surface area contributed by atoms with Gasteiger partial charge < -0.3 is 10.1 Å². The number of hydrogen-bond donors (Lipinski definition) is 1. The van der Waals surface area contributed by atoms with Crippen LogP contribution in [-0.2, 0) is 31.0 Å². The number of amides is 1. The maximum absolute atomic E-state index is 11.5. The van der Waals surface area contributed by atoms with Gasteiger partial charge in [0.2, 0.25) is 5.91 Å². The van der Waals surface area contributed by atoms with Gasteiger partial charge in [0.25, 0.3) is 0 Å². The van der Waals surface area contributed by atoms with Crippen LogP contribution < -0.4 is 10.1 Å². The van der Waals surface area contributed by atoms with Gasteiger partial charge in [-0.2, -0.15) is 10.2 Å². The molecule has 0 saturated heterocycles.